The number of nitrogens with one attached hydrogen (secondary N) is 1. The molecule has 2 atom stereocenters. The SMILES string of the molecule is CNC(c1cccc2ccsc12)C1CCCOC1. The number of fused-ring (bicyclic) bond motifs is 1. The van der Waals surface area contributed by atoms with Crippen LogP contribution in [0.25, 0.3) is 10.1 Å². The lowest BCUT2D eigenvalue weighted by molar-refractivity contribution is 0.0404. The summed E-state index contributed by atoms with van der Waals surface area (Å²) in [6.45, 7) is 1.81. The lowest BCUT2D eigenvalue weighted by Gasteiger charge is -2.30. The fourth-order valence-corrected chi connectivity index (χ4v) is 3.89. The summed E-state index contributed by atoms with van der Waals surface area (Å²) in [6, 6.07) is 9.23. The molecular formula is C15H19NOS. The van der Waals surface area contributed by atoms with Gasteiger partial charge < -0.3 is 10.1 Å². The molecule has 1 aromatic heterocycles. The average Bonchev–Trinajstić information content (AvgIpc) is 2.90. The molecule has 0 radical (unpaired) electrons. The van der Waals surface area contributed by atoms with E-state index in [1.54, 1.807) is 0 Å². The molecule has 2 unspecified atom stereocenters. The van der Waals surface area contributed by atoms with Gasteiger partial charge in [0.1, 0.15) is 0 Å². The minimum atomic E-state index is 0.410. The molecule has 1 fully saturated rings. The Kier molecular flexibility index (Phi) is 3.64. The Morgan fingerprint density at radius 2 is 2.33 bits per heavy atom. The molecule has 2 nitrogen and oxygen atoms in total. The molecule has 3 heteroatoms. The van der Waals surface area contributed by atoms with Gasteiger partial charge in [0.25, 0.3) is 0 Å². The first-order valence-corrected chi connectivity index (χ1v) is 7.49. The summed E-state index contributed by atoms with van der Waals surface area (Å²) >= 11 is 1.84. The van der Waals surface area contributed by atoms with Crippen molar-refractivity contribution in [3.8, 4) is 0 Å². The van der Waals surface area contributed by atoms with Crippen LogP contribution in [0.15, 0.2) is 29.6 Å². The lowest BCUT2D eigenvalue weighted by Crippen LogP contribution is -2.31. The largest absolute Gasteiger partial charge is 0.381 e. The van der Waals surface area contributed by atoms with Crippen LogP contribution < -0.4 is 5.32 Å². The van der Waals surface area contributed by atoms with Gasteiger partial charge in [-0.25, -0.2) is 0 Å². The predicted molar refractivity (Wildman–Crippen MR) is 77.2 cm³/mol. The van der Waals surface area contributed by atoms with E-state index < -0.39 is 0 Å². The summed E-state index contributed by atoms with van der Waals surface area (Å²) in [5, 5.41) is 7.03. The molecule has 0 amide bonds. The van der Waals surface area contributed by atoms with E-state index in [0.717, 1.165) is 13.2 Å². The van der Waals surface area contributed by atoms with Crippen molar-refractivity contribution in [2.24, 2.45) is 5.92 Å². The van der Waals surface area contributed by atoms with Crippen LogP contribution in [0, 0.1) is 5.92 Å². The Labute approximate surface area is 112 Å². The molecule has 1 N–H and O–H groups in total. The lowest BCUT2D eigenvalue weighted by atomic mass is 9.88. The third kappa shape index (κ3) is 2.18. The van der Waals surface area contributed by atoms with Crippen molar-refractivity contribution >= 4 is 21.4 Å². The van der Waals surface area contributed by atoms with Crippen molar-refractivity contribution in [1.82, 2.24) is 5.32 Å². The Bertz CT molecular complexity index is 516. The van der Waals surface area contributed by atoms with Crippen molar-refractivity contribution in [3.63, 3.8) is 0 Å². The van der Waals surface area contributed by atoms with Gasteiger partial charge in [0.2, 0.25) is 0 Å². The quantitative estimate of drug-likeness (QED) is 0.911. The summed E-state index contributed by atoms with van der Waals surface area (Å²) in [7, 11) is 2.06. The van der Waals surface area contributed by atoms with Crippen LogP contribution in [-0.4, -0.2) is 20.3 Å². The number of ether oxygens (including phenoxy) is 1. The first-order chi connectivity index (χ1) is 8.90. The van der Waals surface area contributed by atoms with Crippen LogP contribution in [0.5, 0.6) is 0 Å². The van der Waals surface area contributed by atoms with Crippen LogP contribution in [0.3, 0.4) is 0 Å². The molecule has 0 spiro atoms. The van der Waals surface area contributed by atoms with Gasteiger partial charge >= 0.3 is 0 Å². The van der Waals surface area contributed by atoms with Crippen LogP contribution in [0.4, 0.5) is 0 Å². The van der Waals surface area contributed by atoms with Gasteiger partial charge in [-0.15, -0.1) is 11.3 Å². The summed E-state index contributed by atoms with van der Waals surface area (Å²) in [4.78, 5) is 0. The highest BCUT2D eigenvalue weighted by Gasteiger charge is 2.25. The molecule has 1 saturated heterocycles. The Hall–Kier alpha value is -0.900. The van der Waals surface area contributed by atoms with E-state index in [2.05, 4.69) is 42.0 Å². The maximum absolute atomic E-state index is 5.64. The molecule has 0 bridgehead atoms. The average molecular weight is 261 g/mol. The van der Waals surface area contributed by atoms with Crippen molar-refractivity contribution in [1.29, 1.82) is 0 Å². The van der Waals surface area contributed by atoms with E-state index in [1.165, 1.54) is 28.5 Å². The van der Waals surface area contributed by atoms with Gasteiger partial charge in [-0.1, -0.05) is 18.2 Å². The second-order valence-electron chi connectivity index (χ2n) is 4.93. The van der Waals surface area contributed by atoms with Crippen LogP contribution in [0.2, 0.25) is 0 Å². The van der Waals surface area contributed by atoms with Crippen molar-refractivity contribution in [2.75, 3.05) is 20.3 Å². The second kappa shape index (κ2) is 5.39. The van der Waals surface area contributed by atoms with Crippen LogP contribution >= 0.6 is 11.3 Å². The van der Waals surface area contributed by atoms with E-state index in [0.29, 0.717) is 12.0 Å². The number of hydrogen-bond donors (Lipinski definition) is 1. The predicted octanol–water partition coefficient (Wildman–Crippen LogP) is 3.59. The van der Waals surface area contributed by atoms with Crippen molar-refractivity contribution < 1.29 is 4.74 Å². The highest BCUT2D eigenvalue weighted by Crippen LogP contribution is 2.35. The number of rotatable bonds is 3. The monoisotopic (exact) mass is 261 g/mol. The first kappa shape index (κ1) is 12.2. The third-order valence-corrected chi connectivity index (χ3v) is 4.80. The van der Waals surface area contributed by atoms with Crippen molar-refractivity contribution in [3.05, 3.63) is 35.2 Å². The van der Waals surface area contributed by atoms with E-state index in [1.807, 2.05) is 11.3 Å². The van der Waals surface area contributed by atoms with E-state index in [-0.39, 0.29) is 0 Å². The maximum Gasteiger partial charge on any atom is 0.0512 e. The zero-order valence-corrected chi connectivity index (χ0v) is 11.5. The topological polar surface area (TPSA) is 21.3 Å². The highest BCUT2D eigenvalue weighted by molar-refractivity contribution is 7.17. The Balaban J connectivity index is 1.97. The number of thiophene rings is 1. The standard InChI is InChI=1S/C15H19NOS/c1-16-14(12-5-3-8-17-10-12)13-6-2-4-11-7-9-18-15(11)13/h2,4,6-7,9,12,14,16H,3,5,8,10H2,1H3. The zero-order valence-electron chi connectivity index (χ0n) is 10.7. The van der Waals surface area contributed by atoms with Gasteiger partial charge in [0.15, 0.2) is 0 Å². The molecule has 1 aliphatic rings. The Morgan fingerprint density at radius 3 is 3.11 bits per heavy atom. The minimum Gasteiger partial charge on any atom is -0.381 e. The molecule has 2 heterocycles. The molecule has 0 saturated carbocycles. The van der Waals surface area contributed by atoms with Gasteiger partial charge in [-0.3, -0.25) is 0 Å². The smallest absolute Gasteiger partial charge is 0.0512 e. The normalized spacial score (nSPS) is 22.2. The van der Waals surface area contributed by atoms with Crippen LogP contribution in [0.1, 0.15) is 24.4 Å². The van der Waals surface area contributed by atoms with E-state index >= 15 is 0 Å². The Morgan fingerprint density at radius 1 is 1.39 bits per heavy atom. The van der Waals surface area contributed by atoms with Gasteiger partial charge in [0, 0.05) is 23.3 Å². The second-order valence-corrected chi connectivity index (χ2v) is 5.85. The van der Waals surface area contributed by atoms with Crippen LogP contribution in [-0.2, 0) is 4.74 Å². The van der Waals surface area contributed by atoms with Gasteiger partial charge in [0.05, 0.1) is 6.61 Å². The minimum absolute atomic E-state index is 0.410. The number of benzene rings is 1. The molecule has 0 aliphatic carbocycles. The van der Waals surface area contributed by atoms with E-state index in [9.17, 15) is 0 Å². The summed E-state index contributed by atoms with van der Waals surface area (Å²) in [5.41, 5.74) is 1.43. The molecule has 2 aromatic rings. The number of hydrogen-bond acceptors (Lipinski definition) is 3. The summed E-state index contributed by atoms with van der Waals surface area (Å²) in [6.07, 6.45) is 2.44. The zero-order chi connectivity index (χ0) is 12.4. The molecule has 3 rings (SSSR count). The summed E-state index contributed by atoms with van der Waals surface area (Å²) in [5.74, 6) is 0.594. The molecular weight excluding hydrogens is 242 g/mol. The first-order valence-electron chi connectivity index (χ1n) is 6.61. The summed E-state index contributed by atoms with van der Waals surface area (Å²) < 4.78 is 7.06. The molecule has 18 heavy (non-hydrogen) atoms. The van der Waals surface area contributed by atoms with Crippen molar-refractivity contribution in [2.45, 2.75) is 18.9 Å². The molecule has 1 aromatic carbocycles. The fourth-order valence-electron chi connectivity index (χ4n) is 2.93. The van der Waals surface area contributed by atoms with Gasteiger partial charge in [-0.2, -0.15) is 0 Å². The van der Waals surface area contributed by atoms with E-state index in [4.69, 9.17) is 4.74 Å². The third-order valence-electron chi connectivity index (χ3n) is 3.82. The molecule has 96 valence electrons. The maximum atomic E-state index is 5.64. The fraction of sp³-hybridized carbons (Fsp3) is 0.467. The molecule has 1 aliphatic heterocycles. The van der Waals surface area contributed by atoms with Gasteiger partial charge in [-0.05, 0) is 42.3 Å². The highest BCUT2D eigenvalue weighted by atomic mass is 32.1.